The third-order valence-electron chi connectivity index (χ3n) is 1.10. The molecule has 0 spiro atoms. The van der Waals surface area contributed by atoms with Gasteiger partial charge < -0.3 is 9.53 Å². The van der Waals surface area contributed by atoms with E-state index < -0.39 is 5.79 Å². The summed E-state index contributed by atoms with van der Waals surface area (Å²) in [6.07, 6.45) is 0.663. The molecule has 3 heteroatoms. The standard InChI is InChI=1S/C4H12O2Si/c1-3-4(2,5)6-7/h5H,3H2,1-2,7H3. The molecule has 0 aliphatic carbocycles. The molecule has 0 amide bonds. The van der Waals surface area contributed by atoms with E-state index in [-0.39, 0.29) is 0 Å². The first-order chi connectivity index (χ1) is 3.12. The zero-order valence-corrected chi connectivity index (χ0v) is 7.06. The van der Waals surface area contributed by atoms with Crippen molar-refractivity contribution in [3.05, 3.63) is 0 Å². The van der Waals surface area contributed by atoms with Crippen LogP contribution in [0.1, 0.15) is 20.3 Å². The Morgan fingerprint density at radius 2 is 2.29 bits per heavy atom. The van der Waals surface area contributed by atoms with Crippen molar-refractivity contribution in [3.8, 4) is 0 Å². The number of aliphatic hydroxyl groups is 1. The predicted octanol–water partition coefficient (Wildman–Crippen LogP) is -0.598. The normalized spacial score (nSPS) is 19.3. The summed E-state index contributed by atoms with van der Waals surface area (Å²) < 4.78 is 4.78. The third-order valence-corrected chi connectivity index (χ3v) is 1.98. The lowest BCUT2D eigenvalue weighted by molar-refractivity contribution is -0.119. The lowest BCUT2D eigenvalue weighted by Gasteiger charge is -2.18. The van der Waals surface area contributed by atoms with Crippen molar-refractivity contribution in [1.82, 2.24) is 0 Å². The first-order valence-corrected chi connectivity index (χ1v) is 3.21. The monoisotopic (exact) mass is 120 g/mol. The van der Waals surface area contributed by atoms with Crippen LogP contribution < -0.4 is 0 Å². The lowest BCUT2D eigenvalue weighted by atomic mass is 10.3. The van der Waals surface area contributed by atoms with Gasteiger partial charge in [-0.05, 0) is 13.3 Å². The van der Waals surface area contributed by atoms with Crippen molar-refractivity contribution in [2.24, 2.45) is 0 Å². The minimum Gasteiger partial charge on any atom is -0.402 e. The maximum Gasteiger partial charge on any atom is 0.151 e. The van der Waals surface area contributed by atoms with Crippen LogP contribution in [0.15, 0.2) is 0 Å². The molecule has 0 fully saturated rings. The van der Waals surface area contributed by atoms with Crippen molar-refractivity contribution in [3.63, 3.8) is 0 Å². The highest BCUT2D eigenvalue weighted by Gasteiger charge is 2.12. The van der Waals surface area contributed by atoms with Gasteiger partial charge in [0.15, 0.2) is 5.79 Å². The molecule has 0 saturated heterocycles. The Morgan fingerprint density at radius 3 is 2.29 bits per heavy atom. The fourth-order valence-electron chi connectivity index (χ4n) is 0.144. The van der Waals surface area contributed by atoms with Crippen molar-refractivity contribution in [2.75, 3.05) is 0 Å². The van der Waals surface area contributed by atoms with Crippen molar-refractivity contribution >= 4 is 10.5 Å². The summed E-state index contributed by atoms with van der Waals surface area (Å²) in [5, 5.41) is 8.94. The maximum atomic E-state index is 8.94. The predicted molar refractivity (Wildman–Crippen MR) is 31.9 cm³/mol. The minimum absolute atomic E-state index is 0.607. The van der Waals surface area contributed by atoms with Gasteiger partial charge in [-0.3, -0.25) is 0 Å². The van der Waals surface area contributed by atoms with Gasteiger partial charge >= 0.3 is 0 Å². The zero-order chi connectivity index (χ0) is 5.91. The molecule has 0 saturated carbocycles. The highest BCUT2D eigenvalue weighted by molar-refractivity contribution is 5.98. The van der Waals surface area contributed by atoms with Gasteiger partial charge in [-0.25, -0.2) is 0 Å². The molecule has 1 atom stereocenters. The molecule has 1 unspecified atom stereocenters. The van der Waals surface area contributed by atoms with E-state index in [0.29, 0.717) is 16.9 Å². The Morgan fingerprint density at radius 1 is 1.86 bits per heavy atom. The molecule has 0 aliphatic rings. The second kappa shape index (κ2) is 2.45. The number of rotatable bonds is 2. The Kier molecular flexibility index (Phi) is 2.49. The summed E-state index contributed by atoms with van der Waals surface area (Å²) in [6.45, 7) is 3.55. The van der Waals surface area contributed by atoms with Gasteiger partial charge in [0.1, 0.15) is 10.5 Å². The van der Waals surface area contributed by atoms with Crippen molar-refractivity contribution in [2.45, 2.75) is 26.1 Å². The fraction of sp³-hybridized carbons (Fsp3) is 1.00. The van der Waals surface area contributed by atoms with Crippen LogP contribution in [0, 0.1) is 0 Å². The van der Waals surface area contributed by atoms with E-state index in [0.717, 1.165) is 0 Å². The topological polar surface area (TPSA) is 29.5 Å². The molecule has 0 aromatic carbocycles. The fourth-order valence-corrected chi connectivity index (χ4v) is 0.433. The van der Waals surface area contributed by atoms with E-state index >= 15 is 0 Å². The largest absolute Gasteiger partial charge is 0.402 e. The summed E-state index contributed by atoms with van der Waals surface area (Å²) in [5.41, 5.74) is 0. The van der Waals surface area contributed by atoms with Crippen molar-refractivity contribution in [1.29, 1.82) is 0 Å². The number of hydrogen-bond donors (Lipinski definition) is 1. The Labute approximate surface area is 47.0 Å². The summed E-state index contributed by atoms with van der Waals surface area (Å²) in [6, 6.07) is 0. The quantitative estimate of drug-likeness (QED) is 0.389. The Bertz CT molecular complexity index is 47.7. The van der Waals surface area contributed by atoms with Crippen LogP contribution in [0.2, 0.25) is 0 Å². The molecular formula is C4H12O2Si. The van der Waals surface area contributed by atoms with Crippen LogP contribution in [0.3, 0.4) is 0 Å². The summed E-state index contributed by atoms with van der Waals surface area (Å²) in [5.74, 6) is -0.855. The molecular weight excluding hydrogens is 108 g/mol. The molecule has 0 bridgehead atoms. The van der Waals surface area contributed by atoms with E-state index in [1.165, 1.54) is 0 Å². The number of hydrogen-bond acceptors (Lipinski definition) is 2. The first-order valence-electron chi connectivity index (χ1n) is 2.40. The highest BCUT2D eigenvalue weighted by Crippen LogP contribution is 2.06. The smallest absolute Gasteiger partial charge is 0.151 e. The molecule has 7 heavy (non-hydrogen) atoms. The van der Waals surface area contributed by atoms with Gasteiger partial charge in [0, 0.05) is 0 Å². The Hall–Kier alpha value is 0.137. The SMILES string of the molecule is CCC(C)(O)O[SiH3]. The average Bonchev–Trinajstić information content (AvgIpc) is 1.68. The van der Waals surface area contributed by atoms with Crippen LogP contribution in [-0.4, -0.2) is 21.4 Å². The maximum absolute atomic E-state index is 8.94. The molecule has 0 aromatic heterocycles. The molecule has 0 aliphatic heterocycles. The van der Waals surface area contributed by atoms with Gasteiger partial charge in [-0.15, -0.1) is 0 Å². The molecule has 2 nitrogen and oxygen atoms in total. The van der Waals surface area contributed by atoms with Gasteiger partial charge in [0.05, 0.1) is 0 Å². The summed E-state index contributed by atoms with van der Waals surface area (Å²) in [7, 11) is 0.607. The molecule has 0 heterocycles. The second-order valence-electron chi connectivity index (χ2n) is 1.73. The van der Waals surface area contributed by atoms with Crippen LogP contribution in [0.25, 0.3) is 0 Å². The van der Waals surface area contributed by atoms with Crippen LogP contribution in [0.5, 0.6) is 0 Å². The molecule has 1 N–H and O–H groups in total. The first kappa shape index (κ1) is 7.14. The van der Waals surface area contributed by atoms with E-state index in [1.807, 2.05) is 6.92 Å². The van der Waals surface area contributed by atoms with E-state index in [1.54, 1.807) is 6.92 Å². The third kappa shape index (κ3) is 2.79. The molecule has 0 rings (SSSR count). The molecule has 0 aromatic rings. The van der Waals surface area contributed by atoms with E-state index in [2.05, 4.69) is 0 Å². The Balaban J connectivity index is 3.36. The molecule has 44 valence electrons. The highest BCUT2D eigenvalue weighted by atomic mass is 28.2. The van der Waals surface area contributed by atoms with Crippen LogP contribution >= 0.6 is 0 Å². The van der Waals surface area contributed by atoms with Gasteiger partial charge in [0.2, 0.25) is 0 Å². The van der Waals surface area contributed by atoms with Crippen LogP contribution in [0.4, 0.5) is 0 Å². The summed E-state index contributed by atoms with van der Waals surface area (Å²) in [4.78, 5) is 0. The van der Waals surface area contributed by atoms with Crippen molar-refractivity contribution < 1.29 is 9.53 Å². The van der Waals surface area contributed by atoms with Gasteiger partial charge in [-0.1, -0.05) is 6.92 Å². The van der Waals surface area contributed by atoms with Gasteiger partial charge in [0.25, 0.3) is 0 Å². The average molecular weight is 120 g/mol. The van der Waals surface area contributed by atoms with E-state index in [4.69, 9.17) is 9.53 Å². The molecule has 0 radical (unpaired) electrons. The summed E-state index contributed by atoms with van der Waals surface area (Å²) >= 11 is 0. The minimum atomic E-state index is -0.855. The lowest BCUT2D eigenvalue weighted by Crippen LogP contribution is -2.25. The zero-order valence-electron chi connectivity index (χ0n) is 5.06. The van der Waals surface area contributed by atoms with Crippen LogP contribution in [-0.2, 0) is 4.43 Å². The van der Waals surface area contributed by atoms with E-state index in [9.17, 15) is 0 Å². The second-order valence-corrected chi connectivity index (χ2v) is 2.14. The van der Waals surface area contributed by atoms with Gasteiger partial charge in [-0.2, -0.15) is 0 Å².